The van der Waals surface area contributed by atoms with Crippen molar-refractivity contribution in [3.8, 4) is 0 Å². The summed E-state index contributed by atoms with van der Waals surface area (Å²) in [6.07, 6.45) is 4.35. The van der Waals surface area contributed by atoms with Gasteiger partial charge in [-0.25, -0.2) is 14.5 Å². The van der Waals surface area contributed by atoms with Crippen molar-refractivity contribution in [1.82, 2.24) is 24.6 Å². The second-order valence-corrected chi connectivity index (χ2v) is 7.78. The van der Waals surface area contributed by atoms with E-state index in [9.17, 15) is 4.79 Å². The van der Waals surface area contributed by atoms with E-state index in [4.69, 9.17) is 0 Å². The molecule has 7 nitrogen and oxygen atoms in total. The van der Waals surface area contributed by atoms with Gasteiger partial charge in [-0.2, -0.15) is 4.98 Å². The van der Waals surface area contributed by atoms with Gasteiger partial charge < -0.3 is 0 Å². The van der Waals surface area contributed by atoms with E-state index in [0.717, 1.165) is 23.4 Å². The molecule has 142 valence electrons. The Labute approximate surface area is 170 Å². The van der Waals surface area contributed by atoms with Crippen LogP contribution in [0.5, 0.6) is 0 Å². The normalized spacial score (nSPS) is 11.1. The zero-order valence-electron chi connectivity index (χ0n) is 15.4. The third kappa shape index (κ3) is 3.76. The fraction of sp³-hybridized carbons (Fsp3) is 0.211. The molecule has 0 aliphatic carbocycles. The Bertz CT molecular complexity index is 1090. The number of rotatable bonds is 6. The molecule has 0 bridgehead atoms. The van der Waals surface area contributed by atoms with Gasteiger partial charge in [0.25, 0.3) is 5.78 Å². The first kappa shape index (κ1) is 18.6. The summed E-state index contributed by atoms with van der Waals surface area (Å²) >= 11 is 2.96. The van der Waals surface area contributed by atoms with E-state index >= 15 is 0 Å². The number of hydrogen-bond donors (Lipinski definition) is 0. The van der Waals surface area contributed by atoms with Crippen LogP contribution in [0.3, 0.4) is 0 Å². The summed E-state index contributed by atoms with van der Waals surface area (Å²) < 4.78 is 1.65. The molecule has 0 spiro atoms. The lowest BCUT2D eigenvalue weighted by atomic mass is 10.1. The van der Waals surface area contributed by atoms with Crippen LogP contribution in [-0.2, 0) is 17.0 Å². The Morgan fingerprint density at radius 3 is 2.89 bits per heavy atom. The molecule has 0 fully saturated rings. The molecule has 0 saturated heterocycles. The molecule has 4 rings (SSSR count). The highest BCUT2D eigenvalue weighted by Crippen LogP contribution is 2.33. The van der Waals surface area contributed by atoms with Gasteiger partial charge in [0.2, 0.25) is 11.1 Å². The van der Waals surface area contributed by atoms with Crippen molar-refractivity contribution >= 4 is 45.6 Å². The largest absolute Gasteiger partial charge is 0.274 e. The molecule has 4 aromatic rings. The first-order chi connectivity index (χ1) is 13.7. The van der Waals surface area contributed by atoms with Crippen LogP contribution < -0.4 is 4.90 Å². The molecule has 0 aliphatic heterocycles. The molecule has 0 atom stereocenters. The molecular weight excluding hydrogens is 392 g/mol. The number of aryl methyl sites for hydroxylation is 1. The van der Waals surface area contributed by atoms with E-state index in [1.807, 2.05) is 41.9 Å². The first-order valence-electron chi connectivity index (χ1n) is 8.79. The topological polar surface area (TPSA) is 76.3 Å². The van der Waals surface area contributed by atoms with E-state index in [1.54, 1.807) is 22.5 Å². The number of aromatic nitrogens is 5. The van der Waals surface area contributed by atoms with E-state index in [0.29, 0.717) is 21.8 Å². The third-order valence-electron chi connectivity index (χ3n) is 4.11. The Balaban J connectivity index is 1.54. The molecule has 3 heterocycles. The average Bonchev–Trinajstić information content (AvgIpc) is 3.33. The maximum absolute atomic E-state index is 12.4. The maximum atomic E-state index is 12.4. The number of carbonyl (C=O) groups is 1. The number of thioether (sulfide) groups is 1. The second-order valence-electron chi connectivity index (χ2n) is 6.01. The van der Waals surface area contributed by atoms with Crippen molar-refractivity contribution in [3.05, 3.63) is 59.4 Å². The Morgan fingerprint density at radius 2 is 2.11 bits per heavy atom. The fourth-order valence-electron chi connectivity index (χ4n) is 2.81. The van der Waals surface area contributed by atoms with Gasteiger partial charge in [-0.3, -0.25) is 9.69 Å². The Morgan fingerprint density at radius 1 is 1.25 bits per heavy atom. The standard InChI is InChI=1S/C19H18N6OS2/c1-3-14-7-4-5-8-16(14)25(13(2)26)19-21-15(12-28-19)11-27-18-22-17-20-9-6-10-24(17)23-18/h4-10,12H,3,11H2,1-2H3. The van der Waals surface area contributed by atoms with Crippen LogP contribution in [-0.4, -0.2) is 30.5 Å². The number of nitrogens with zero attached hydrogens (tertiary/aromatic N) is 6. The van der Waals surface area contributed by atoms with Crippen LogP contribution in [0.1, 0.15) is 25.1 Å². The van der Waals surface area contributed by atoms with Crippen LogP contribution in [0.15, 0.2) is 53.3 Å². The molecule has 1 amide bonds. The monoisotopic (exact) mass is 410 g/mol. The summed E-state index contributed by atoms with van der Waals surface area (Å²) in [4.78, 5) is 27.3. The average molecular weight is 411 g/mol. The number of amides is 1. The number of fused-ring (bicyclic) bond motifs is 1. The van der Waals surface area contributed by atoms with Crippen LogP contribution in [0.4, 0.5) is 10.8 Å². The maximum Gasteiger partial charge on any atom is 0.253 e. The third-order valence-corrected chi connectivity index (χ3v) is 5.85. The molecule has 0 radical (unpaired) electrons. The highest BCUT2D eigenvalue weighted by Gasteiger charge is 2.20. The SMILES string of the molecule is CCc1ccccc1N(C(C)=O)c1nc(CSc2nc3ncccn3n2)cs1. The van der Waals surface area contributed by atoms with Crippen LogP contribution in [0.25, 0.3) is 5.78 Å². The molecule has 0 saturated carbocycles. The lowest BCUT2D eigenvalue weighted by Gasteiger charge is -2.20. The summed E-state index contributed by atoms with van der Waals surface area (Å²) in [5.74, 6) is 1.14. The minimum atomic E-state index is -0.0532. The van der Waals surface area contributed by atoms with E-state index in [2.05, 4.69) is 27.0 Å². The lowest BCUT2D eigenvalue weighted by Crippen LogP contribution is -2.23. The zero-order valence-corrected chi connectivity index (χ0v) is 17.1. The lowest BCUT2D eigenvalue weighted by molar-refractivity contribution is -0.115. The number of hydrogen-bond acceptors (Lipinski definition) is 7. The van der Waals surface area contributed by atoms with Crippen LogP contribution in [0, 0.1) is 0 Å². The zero-order chi connectivity index (χ0) is 19.5. The van der Waals surface area contributed by atoms with Gasteiger partial charge in [-0.15, -0.1) is 16.4 Å². The Hall–Kier alpha value is -2.78. The van der Waals surface area contributed by atoms with Crippen molar-refractivity contribution in [1.29, 1.82) is 0 Å². The van der Waals surface area contributed by atoms with Crippen LogP contribution >= 0.6 is 23.1 Å². The van der Waals surface area contributed by atoms with Crippen molar-refractivity contribution < 1.29 is 4.79 Å². The predicted octanol–water partition coefficient (Wildman–Crippen LogP) is 4.12. The van der Waals surface area contributed by atoms with E-state index < -0.39 is 0 Å². The van der Waals surface area contributed by atoms with Crippen molar-refractivity contribution in [2.24, 2.45) is 0 Å². The molecule has 3 aromatic heterocycles. The van der Waals surface area contributed by atoms with Crippen molar-refractivity contribution in [2.45, 2.75) is 31.2 Å². The smallest absolute Gasteiger partial charge is 0.253 e. The highest BCUT2D eigenvalue weighted by molar-refractivity contribution is 7.98. The number of thiazole rings is 1. The molecular formula is C19H18N6OS2. The molecule has 0 N–H and O–H groups in total. The summed E-state index contributed by atoms with van der Waals surface area (Å²) in [5, 5.41) is 7.68. The molecule has 0 unspecified atom stereocenters. The summed E-state index contributed by atoms with van der Waals surface area (Å²) in [7, 11) is 0. The van der Waals surface area contributed by atoms with Gasteiger partial charge >= 0.3 is 0 Å². The number of para-hydroxylation sites is 1. The number of carbonyl (C=O) groups excluding carboxylic acids is 1. The highest BCUT2D eigenvalue weighted by atomic mass is 32.2. The molecule has 1 aromatic carbocycles. The van der Waals surface area contributed by atoms with Crippen molar-refractivity contribution in [2.75, 3.05) is 4.90 Å². The summed E-state index contributed by atoms with van der Waals surface area (Å²) in [5.41, 5.74) is 2.89. The number of anilines is 2. The van der Waals surface area contributed by atoms with E-state index in [-0.39, 0.29) is 5.91 Å². The van der Waals surface area contributed by atoms with Gasteiger partial charge in [-0.1, -0.05) is 36.9 Å². The van der Waals surface area contributed by atoms with E-state index in [1.165, 1.54) is 23.1 Å². The minimum Gasteiger partial charge on any atom is -0.274 e. The molecule has 28 heavy (non-hydrogen) atoms. The first-order valence-corrected chi connectivity index (χ1v) is 10.7. The molecule has 9 heteroatoms. The number of benzene rings is 1. The van der Waals surface area contributed by atoms with Gasteiger partial charge in [0.05, 0.1) is 11.4 Å². The molecule has 0 aliphatic rings. The summed E-state index contributed by atoms with van der Waals surface area (Å²) in [6, 6.07) is 9.74. The van der Waals surface area contributed by atoms with Gasteiger partial charge in [0.15, 0.2) is 5.13 Å². The summed E-state index contributed by atoms with van der Waals surface area (Å²) in [6.45, 7) is 3.65. The Kier molecular flexibility index (Phi) is 5.36. The fourth-order valence-corrected chi connectivity index (χ4v) is 4.52. The quantitative estimate of drug-likeness (QED) is 0.445. The minimum absolute atomic E-state index is 0.0532. The predicted molar refractivity (Wildman–Crippen MR) is 111 cm³/mol. The van der Waals surface area contributed by atoms with Crippen LogP contribution in [0.2, 0.25) is 0 Å². The van der Waals surface area contributed by atoms with Gasteiger partial charge in [-0.05, 0) is 24.1 Å². The van der Waals surface area contributed by atoms with Gasteiger partial charge in [0, 0.05) is 30.5 Å². The van der Waals surface area contributed by atoms with Crippen molar-refractivity contribution in [3.63, 3.8) is 0 Å². The van der Waals surface area contributed by atoms with Gasteiger partial charge in [0.1, 0.15) is 0 Å². The second kappa shape index (κ2) is 8.07.